The fraction of sp³-hybridized carbons (Fsp3) is 0.111. The summed E-state index contributed by atoms with van der Waals surface area (Å²) in [5, 5.41) is 7.38. The molecular formula is C18H17N3OS. The molecule has 0 bridgehead atoms. The lowest BCUT2D eigenvalue weighted by molar-refractivity contribution is 0.0993. The molecule has 0 spiro atoms. The third-order valence-electron chi connectivity index (χ3n) is 3.51. The van der Waals surface area contributed by atoms with Gasteiger partial charge in [-0.2, -0.15) is 11.3 Å². The summed E-state index contributed by atoms with van der Waals surface area (Å²) in [4.78, 5) is 18.5. The van der Waals surface area contributed by atoms with E-state index in [1.165, 1.54) is 5.56 Å². The number of carbonyl (C=O) groups is 1. The van der Waals surface area contributed by atoms with Gasteiger partial charge < -0.3 is 10.2 Å². The maximum atomic E-state index is 12.6. The van der Waals surface area contributed by atoms with Gasteiger partial charge in [-0.25, -0.2) is 4.98 Å². The molecule has 0 aliphatic carbocycles. The van der Waals surface area contributed by atoms with Crippen LogP contribution >= 0.6 is 11.3 Å². The molecule has 1 aromatic carbocycles. The SMILES string of the molecule is CN(C(=O)c1ccnc(NCc2ccsc2)c1)c1ccccc1. The molecule has 0 aliphatic rings. The minimum Gasteiger partial charge on any atom is -0.366 e. The van der Waals surface area contributed by atoms with E-state index in [-0.39, 0.29) is 5.91 Å². The number of nitrogens with zero attached hydrogens (tertiary/aromatic N) is 2. The molecule has 0 saturated heterocycles. The summed E-state index contributed by atoms with van der Waals surface area (Å²) in [7, 11) is 1.77. The number of nitrogens with one attached hydrogen (secondary N) is 1. The zero-order chi connectivity index (χ0) is 16.1. The Hall–Kier alpha value is -2.66. The molecule has 3 rings (SSSR count). The first-order valence-corrected chi connectivity index (χ1v) is 8.22. The minimum absolute atomic E-state index is 0.0582. The molecule has 0 atom stereocenters. The van der Waals surface area contributed by atoms with Crippen molar-refractivity contribution in [3.63, 3.8) is 0 Å². The van der Waals surface area contributed by atoms with Crippen molar-refractivity contribution in [2.24, 2.45) is 0 Å². The first-order valence-electron chi connectivity index (χ1n) is 7.28. The molecule has 1 N–H and O–H groups in total. The lowest BCUT2D eigenvalue weighted by Crippen LogP contribution is -2.26. The van der Waals surface area contributed by atoms with Crippen LogP contribution in [0.1, 0.15) is 15.9 Å². The summed E-state index contributed by atoms with van der Waals surface area (Å²) >= 11 is 1.66. The van der Waals surface area contributed by atoms with Crippen molar-refractivity contribution in [1.82, 2.24) is 4.98 Å². The molecule has 2 aromatic heterocycles. The van der Waals surface area contributed by atoms with Crippen molar-refractivity contribution in [1.29, 1.82) is 0 Å². The maximum absolute atomic E-state index is 12.6. The second kappa shape index (κ2) is 7.07. The first-order chi connectivity index (χ1) is 11.2. The van der Waals surface area contributed by atoms with E-state index in [2.05, 4.69) is 21.7 Å². The highest BCUT2D eigenvalue weighted by atomic mass is 32.1. The number of benzene rings is 1. The highest BCUT2D eigenvalue weighted by Gasteiger charge is 2.13. The third-order valence-corrected chi connectivity index (χ3v) is 4.24. The van der Waals surface area contributed by atoms with Crippen molar-refractivity contribution in [3.8, 4) is 0 Å². The highest BCUT2D eigenvalue weighted by molar-refractivity contribution is 7.07. The monoisotopic (exact) mass is 323 g/mol. The molecule has 4 nitrogen and oxygen atoms in total. The second-order valence-electron chi connectivity index (χ2n) is 5.11. The predicted molar refractivity (Wildman–Crippen MR) is 95.1 cm³/mol. The fourth-order valence-electron chi connectivity index (χ4n) is 2.21. The first kappa shape index (κ1) is 15.2. The van der Waals surface area contributed by atoms with E-state index in [0.29, 0.717) is 17.9 Å². The maximum Gasteiger partial charge on any atom is 0.258 e. The molecule has 0 fully saturated rings. The van der Waals surface area contributed by atoms with Crippen LogP contribution in [0.25, 0.3) is 0 Å². The Kier molecular flexibility index (Phi) is 4.68. The van der Waals surface area contributed by atoms with Crippen molar-refractivity contribution in [2.45, 2.75) is 6.54 Å². The summed E-state index contributed by atoms with van der Waals surface area (Å²) in [5.74, 6) is 0.640. The number of para-hydroxylation sites is 1. The van der Waals surface area contributed by atoms with Gasteiger partial charge in [-0.3, -0.25) is 4.79 Å². The molecule has 5 heteroatoms. The van der Waals surface area contributed by atoms with Crippen LogP contribution in [-0.2, 0) is 6.54 Å². The second-order valence-corrected chi connectivity index (χ2v) is 5.89. The molecular weight excluding hydrogens is 306 g/mol. The van der Waals surface area contributed by atoms with Crippen LogP contribution in [0.4, 0.5) is 11.5 Å². The van der Waals surface area contributed by atoms with Crippen LogP contribution in [0.5, 0.6) is 0 Å². The molecule has 116 valence electrons. The van der Waals surface area contributed by atoms with Crippen molar-refractivity contribution >= 4 is 28.7 Å². The van der Waals surface area contributed by atoms with Crippen LogP contribution in [0.3, 0.4) is 0 Å². The number of anilines is 2. The van der Waals surface area contributed by atoms with Gasteiger partial charge >= 0.3 is 0 Å². The van der Waals surface area contributed by atoms with Crippen LogP contribution in [0.2, 0.25) is 0 Å². The summed E-state index contributed by atoms with van der Waals surface area (Å²) in [5.41, 5.74) is 2.68. The smallest absolute Gasteiger partial charge is 0.258 e. The Bertz CT molecular complexity index is 772. The van der Waals surface area contributed by atoms with Gasteiger partial charge in [0.05, 0.1) is 0 Å². The minimum atomic E-state index is -0.0582. The molecule has 0 radical (unpaired) electrons. The Balaban J connectivity index is 1.72. The Morgan fingerprint density at radius 2 is 2.04 bits per heavy atom. The summed E-state index contributed by atoms with van der Waals surface area (Å²) in [6.45, 7) is 0.697. The van der Waals surface area contributed by atoms with E-state index in [1.54, 1.807) is 41.6 Å². The largest absolute Gasteiger partial charge is 0.366 e. The fourth-order valence-corrected chi connectivity index (χ4v) is 2.88. The van der Waals surface area contributed by atoms with Crippen LogP contribution in [0.15, 0.2) is 65.5 Å². The zero-order valence-corrected chi connectivity index (χ0v) is 13.6. The lowest BCUT2D eigenvalue weighted by Gasteiger charge is -2.17. The van der Waals surface area contributed by atoms with Crippen LogP contribution in [-0.4, -0.2) is 17.9 Å². The van der Waals surface area contributed by atoms with Gasteiger partial charge in [0, 0.05) is 31.0 Å². The molecule has 1 amide bonds. The topological polar surface area (TPSA) is 45.2 Å². The van der Waals surface area contributed by atoms with E-state index in [9.17, 15) is 4.79 Å². The summed E-state index contributed by atoms with van der Waals surface area (Å²) < 4.78 is 0. The molecule has 0 aliphatic heterocycles. The Morgan fingerprint density at radius 3 is 2.78 bits per heavy atom. The molecule has 3 aromatic rings. The van der Waals surface area contributed by atoms with Crippen LogP contribution in [0, 0.1) is 0 Å². The number of amides is 1. The van der Waals surface area contributed by atoms with Crippen molar-refractivity contribution < 1.29 is 4.79 Å². The van der Waals surface area contributed by atoms with Crippen molar-refractivity contribution in [3.05, 3.63) is 76.6 Å². The number of hydrogen-bond acceptors (Lipinski definition) is 4. The normalized spacial score (nSPS) is 10.3. The van der Waals surface area contributed by atoms with Gasteiger partial charge in [0.2, 0.25) is 0 Å². The van der Waals surface area contributed by atoms with Gasteiger partial charge in [-0.15, -0.1) is 0 Å². The standard InChI is InChI=1S/C18H17N3OS/c1-21(16-5-3-2-4-6-16)18(22)15-7-9-19-17(11-15)20-12-14-8-10-23-13-14/h2-11,13H,12H2,1H3,(H,19,20). The third kappa shape index (κ3) is 3.76. The van der Waals surface area contributed by atoms with E-state index in [4.69, 9.17) is 0 Å². The molecule has 23 heavy (non-hydrogen) atoms. The van der Waals surface area contributed by atoms with Gasteiger partial charge in [-0.1, -0.05) is 18.2 Å². The Morgan fingerprint density at radius 1 is 1.22 bits per heavy atom. The number of rotatable bonds is 5. The number of thiophene rings is 1. The lowest BCUT2D eigenvalue weighted by atomic mass is 10.2. The van der Waals surface area contributed by atoms with Gasteiger partial charge in [0.1, 0.15) is 5.82 Å². The molecule has 0 unspecified atom stereocenters. The van der Waals surface area contributed by atoms with E-state index < -0.39 is 0 Å². The van der Waals surface area contributed by atoms with Gasteiger partial charge in [-0.05, 0) is 46.7 Å². The van der Waals surface area contributed by atoms with E-state index in [1.807, 2.05) is 35.7 Å². The molecule has 2 heterocycles. The van der Waals surface area contributed by atoms with Crippen molar-refractivity contribution in [2.75, 3.05) is 17.3 Å². The number of hydrogen-bond donors (Lipinski definition) is 1. The summed E-state index contributed by atoms with van der Waals surface area (Å²) in [6, 6.07) is 15.2. The number of pyridine rings is 1. The number of aromatic nitrogens is 1. The predicted octanol–water partition coefficient (Wildman–Crippen LogP) is 4.03. The van der Waals surface area contributed by atoms with E-state index in [0.717, 1.165) is 5.69 Å². The molecule has 0 saturated carbocycles. The quantitative estimate of drug-likeness (QED) is 0.771. The summed E-state index contributed by atoms with van der Waals surface area (Å²) in [6.07, 6.45) is 1.65. The number of carbonyl (C=O) groups excluding carboxylic acids is 1. The average Bonchev–Trinajstić information content (AvgIpc) is 3.13. The zero-order valence-electron chi connectivity index (χ0n) is 12.8. The van der Waals surface area contributed by atoms with Gasteiger partial charge in [0.15, 0.2) is 0 Å². The Labute approximate surface area is 139 Å². The van der Waals surface area contributed by atoms with Crippen LogP contribution < -0.4 is 10.2 Å². The van der Waals surface area contributed by atoms with E-state index >= 15 is 0 Å². The van der Waals surface area contributed by atoms with Gasteiger partial charge in [0.25, 0.3) is 5.91 Å². The average molecular weight is 323 g/mol. The highest BCUT2D eigenvalue weighted by Crippen LogP contribution is 2.16.